The Kier molecular flexibility index (Phi) is 5.52. The van der Waals surface area contributed by atoms with Gasteiger partial charge in [0, 0.05) is 23.4 Å². The zero-order chi connectivity index (χ0) is 22.3. The van der Waals surface area contributed by atoms with Crippen molar-refractivity contribution < 1.29 is 14.0 Å². The summed E-state index contributed by atoms with van der Waals surface area (Å²) in [6.07, 6.45) is 4.63. The van der Waals surface area contributed by atoms with Crippen molar-refractivity contribution in [1.82, 2.24) is 0 Å². The van der Waals surface area contributed by atoms with Crippen molar-refractivity contribution in [2.45, 2.75) is 39.7 Å². The first-order valence-corrected chi connectivity index (χ1v) is 11.2. The Morgan fingerprint density at radius 1 is 1.13 bits per heavy atom. The molecule has 0 saturated carbocycles. The normalized spacial score (nSPS) is 19.1. The predicted octanol–water partition coefficient (Wildman–Crippen LogP) is 6.48. The Bertz CT molecular complexity index is 1120. The lowest BCUT2D eigenvalue weighted by molar-refractivity contribution is -0.113. The van der Waals surface area contributed by atoms with Gasteiger partial charge < -0.3 is 4.90 Å². The molecule has 0 bridgehead atoms. The molecule has 0 aromatic heterocycles. The summed E-state index contributed by atoms with van der Waals surface area (Å²) in [4.78, 5) is 28.9. The van der Waals surface area contributed by atoms with E-state index in [0.717, 1.165) is 46.5 Å². The second-order valence-electron chi connectivity index (χ2n) is 8.38. The molecule has 1 saturated heterocycles. The van der Waals surface area contributed by atoms with E-state index in [-0.39, 0.29) is 15.7 Å². The molecular formula is C25H25FN2O2S. The smallest absolute Gasteiger partial charge is 0.298 e. The molecule has 2 heterocycles. The molecular weight excluding hydrogens is 411 g/mol. The minimum Gasteiger partial charge on any atom is -0.362 e. The highest BCUT2D eigenvalue weighted by atomic mass is 32.2. The van der Waals surface area contributed by atoms with Crippen LogP contribution >= 0.6 is 11.8 Å². The monoisotopic (exact) mass is 436 g/mol. The van der Waals surface area contributed by atoms with Crippen molar-refractivity contribution in [3.05, 3.63) is 70.4 Å². The molecule has 6 heteroatoms. The van der Waals surface area contributed by atoms with Gasteiger partial charge in [0.15, 0.2) is 0 Å². The minimum absolute atomic E-state index is 0.209. The van der Waals surface area contributed by atoms with E-state index in [1.807, 2.05) is 13.0 Å². The molecule has 2 amide bonds. The van der Waals surface area contributed by atoms with Gasteiger partial charge >= 0.3 is 0 Å². The molecule has 31 heavy (non-hydrogen) atoms. The maximum atomic E-state index is 15.2. The fourth-order valence-corrected chi connectivity index (χ4v) is 5.10. The number of carbonyl (C=O) groups is 2. The van der Waals surface area contributed by atoms with E-state index < -0.39 is 11.7 Å². The van der Waals surface area contributed by atoms with E-state index in [1.54, 1.807) is 36.4 Å². The van der Waals surface area contributed by atoms with Gasteiger partial charge in [0.05, 0.1) is 16.1 Å². The number of nitrogens with zero attached hydrogens (tertiary/aromatic N) is 2. The summed E-state index contributed by atoms with van der Waals surface area (Å²) in [7, 11) is 0. The summed E-state index contributed by atoms with van der Waals surface area (Å²) in [5.41, 5.74) is 3.48. The maximum Gasteiger partial charge on any atom is 0.298 e. The molecule has 0 aliphatic carbocycles. The van der Waals surface area contributed by atoms with E-state index in [0.29, 0.717) is 11.3 Å². The number of carbonyl (C=O) groups excluding carboxylic acids is 2. The summed E-state index contributed by atoms with van der Waals surface area (Å²) >= 11 is 0.834. The lowest BCUT2D eigenvalue weighted by atomic mass is 9.87. The number of allylic oxidation sites excluding steroid dienone is 1. The van der Waals surface area contributed by atoms with E-state index in [9.17, 15) is 9.59 Å². The van der Waals surface area contributed by atoms with E-state index in [2.05, 4.69) is 31.7 Å². The zero-order valence-corrected chi connectivity index (χ0v) is 18.9. The van der Waals surface area contributed by atoms with Crippen LogP contribution in [0.3, 0.4) is 0 Å². The van der Waals surface area contributed by atoms with E-state index in [1.165, 1.54) is 6.08 Å². The highest BCUT2D eigenvalue weighted by molar-refractivity contribution is 8.19. The Labute approximate surface area is 186 Å². The molecule has 2 aliphatic heterocycles. The van der Waals surface area contributed by atoms with Gasteiger partial charge in [-0.2, -0.15) is 0 Å². The standard InChI is InChI=1S/C25H25FN2O2S/c1-5-11-27-21-14-20(26)17(12-19(21)16(2)15-25(27,3)4)13-22-23(29)28(24(30)31-22)18-9-7-6-8-10-18/h6-10,12-15H,5,11H2,1-4H3/b22-13+. The number of benzene rings is 2. The number of fused-ring (bicyclic) bond motifs is 1. The molecule has 4 nitrogen and oxygen atoms in total. The molecule has 4 rings (SSSR count). The number of amides is 2. The number of halogens is 1. The van der Waals surface area contributed by atoms with Gasteiger partial charge in [-0.3, -0.25) is 9.59 Å². The van der Waals surface area contributed by atoms with Crippen LogP contribution in [0.5, 0.6) is 0 Å². The second kappa shape index (κ2) is 8.00. The van der Waals surface area contributed by atoms with Crippen molar-refractivity contribution in [2.75, 3.05) is 16.3 Å². The second-order valence-corrected chi connectivity index (χ2v) is 9.37. The van der Waals surface area contributed by atoms with Gasteiger partial charge in [-0.15, -0.1) is 0 Å². The number of thioether (sulfide) groups is 1. The van der Waals surface area contributed by atoms with Gasteiger partial charge in [-0.1, -0.05) is 31.2 Å². The molecule has 2 aromatic carbocycles. The number of para-hydroxylation sites is 1. The lowest BCUT2D eigenvalue weighted by Crippen LogP contribution is -2.45. The fourth-order valence-electron chi connectivity index (χ4n) is 4.27. The molecule has 1 fully saturated rings. The van der Waals surface area contributed by atoms with Crippen LogP contribution in [0, 0.1) is 5.82 Å². The Hall–Kier alpha value is -2.86. The van der Waals surface area contributed by atoms with Crippen molar-refractivity contribution in [3.8, 4) is 0 Å². The molecule has 160 valence electrons. The third-order valence-corrected chi connectivity index (χ3v) is 6.51. The molecule has 2 aromatic rings. The SMILES string of the molecule is CCCN1c2cc(F)c(/C=C3/SC(=O)N(c4ccccc4)C3=O)cc2C(C)=CC1(C)C. The third-order valence-electron chi connectivity index (χ3n) is 5.64. The van der Waals surface area contributed by atoms with Crippen LogP contribution in [0.25, 0.3) is 11.6 Å². The van der Waals surface area contributed by atoms with Crippen molar-refractivity contribution in [3.63, 3.8) is 0 Å². The summed E-state index contributed by atoms with van der Waals surface area (Å²) < 4.78 is 15.2. The molecule has 2 aliphatic rings. The van der Waals surface area contributed by atoms with Crippen LogP contribution < -0.4 is 9.80 Å². The fraction of sp³-hybridized carbons (Fsp3) is 0.280. The number of anilines is 2. The van der Waals surface area contributed by atoms with E-state index in [4.69, 9.17) is 0 Å². The van der Waals surface area contributed by atoms with Crippen molar-refractivity contribution in [1.29, 1.82) is 0 Å². The quantitative estimate of drug-likeness (QED) is 0.515. The van der Waals surface area contributed by atoms with E-state index >= 15 is 4.39 Å². The molecule has 0 spiro atoms. The van der Waals surface area contributed by atoms with Crippen LogP contribution in [-0.4, -0.2) is 23.2 Å². The van der Waals surface area contributed by atoms with Crippen LogP contribution in [0.1, 0.15) is 45.2 Å². The highest BCUT2D eigenvalue weighted by Crippen LogP contribution is 2.41. The van der Waals surface area contributed by atoms with Crippen molar-refractivity contribution >= 4 is 45.9 Å². The molecule has 0 radical (unpaired) electrons. The summed E-state index contributed by atoms with van der Waals surface area (Å²) in [6, 6.07) is 12.1. The number of hydrogen-bond donors (Lipinski definition) is 0. The average Bonchev–Trinajstić information content (AvgIpc) is 2.99. The molecule has 0 N–H and O–H groups in total. The Morgan fingerprint density at radius 3 is 2.52 bits per heavy atom. The van der Waals surface area contributed by atoms with Gasteiger partial charge in [0.1, 0.15) is 5.82 Å². The summed E-state index contributed by atoms with van der Waals surface area (Å²) in [5.74, 6) is -0.837. The highest BCUT2D eigenvalue weighted by Gasteiger charge is 2.37. The van der Waals surface area contributed by atoms with Crippen LogP contribution in [0.2, 0.25) is 0 Å². The largest absolute Gasteiger partial charge is 0.362 e. The average molecular weight is 437 g/mol. The first kappa shape index (κ1) is 21.4. The minimum atomic E-state index is -0.431. The first-order valence-electron chi connectivity index (χ1n) is 10.4. The van der Waals surface area contributed by atoms with Gasteiger partial charge in [0.25, 0.3) is 11.1 Å². The van der Waals surface area contributed by atoms with Crippen LogP contribution in [0.4, 0.5) is 20.6 Å². The van der Waals surface area contributed by atoms with Crippen LogP contribution in [-0.2, 0) is 4.79 Å². The number of hydrogen-bond acceptors (Lipinski definition) is 4. The van der Waals surface area contributed by atoms with Gasteiger partial charge in [0.2, 0.25) is 0 Å². The zero-order valence-electron chi connectivity index (χ0n) is 18.1. The molecule has 0 atom stereocenters. The van der Waals surface area contributed by atoms with Crippen molar-refractivity contribution in [2.24, 2.45) is 0 Å². The van der Waals surface area contributed by atoms with Gasteiger partial charge in [-0.05, 0) is 74.9 Å². The first-order chi connectivity index (χ1) is 14.7. The maximum absolute atomic E-state index is 15.2. The number of rotatable bonds is 4. The molecule has 0 unspecified atom stereocenters. The topological polar surface area (TPSA) is 40.6 Å². The predicted molar refractivity (Wildman–Crippen MR) is 127 cm³/mol. The Morgan fingerprint density at radius 2 is 1.84 bits per heavy atom. The summed E-state index contributed by atoms with van der Waals surface area (Å²) in [6.45, 7) is 9.20. The van der Waals surface area contributed by atoms with Gasteiger partial charge in [-0.25, -0.2) is 9.29 Å². The Balaban J connectivity index is 1.74. The summed E-state index contributed by atoms with van der Waals surface area (Å²) in [5, 5.41) is -0.382. The van der Waals surface area contributed by atoms with Crippen LogP contribution in [0.15, 0.2) is 53.4 Å². The number of imide groups is 1. The third kappa shape index (κ3) is 3.81. The lowest BCUT2D eigenvalue weighted by Gasteiger charge is -2.43.